The molecule has 2 N–H and O–H groups in total. The van der Waals surface area contributed by atoms with Crippen LogP contribution in [0.4, 0.5) is 0 Å². The molecule has 3 nitrogen and oxygen atoms in total. The van der Waals surface area contributed by atoms with Crippen LogP contribution in [-0.4, -0.2) is 25.0 Å². The summed E-state index contributed by atoms with van der Waals surface area (Å²) in [7, 11) is 1.69. The van der Waals surface area contributed by atoms with Gasteiger partial charge < -0.3 is 10.6 Å². The van der Waals surface area contributed by atoms with E-state index in [-0.39, 0.29) is 11.9 Å². The van der Waals surface area contributed by atoms with Crippen molar-refractivity contribution in [3.8, 4) is 0 Å². The summed E-state index contributed by atoms with van der Waals surface area (Å²) in [5, 5.41) is 6.10. The van der Waals surface area contributed by atoms with Gasteiger partial charge in [0.1, 0.15) is 0 Å². The normalized spacial score (nSPS) is 28.5. The maximum atomic E-state index is 11.4. The van der Waals surface area contributed by atoms with Crippen LogP contribution in [0.3, 0.4) is 0 Å². The smallest absolute Gasteiger partial charge is 0.236 e. The lowest BCUT2D eigenvalue weighted by Gasteiger charge is -2.31. The van der Waals surface area contributed by atoms with E-state index < -0.39 is 0 Å². The predicted molar refractivity (Wildman–Crippen MR) is 62.7 cm³/mol. The number of nitrogens with one attached hydrogen (secondary N) is 2. The van der Waals surface area contributed by atoms with Crippen LogP contribution in [0.2, 0.25) is 0 Å². The fraction of sp³-hybridized carbons (Fsp3) is 0.917. The second-order valence-electron chi connectivity index (χ2n) is 4.64. The molecule has 0 radical (unpaired) electrons. The number of hydrogen-bond acceptors (Lipinski definition) is 2. The second-order valence-corrected chi connectivity index (χ2v) is 4.64. The van der Waals surface area contributed by atoms with Crippen molar-refractivity contribution in [1.29, 1.82) is 0 Å². The minimum atomic E-state index is -0.0596. The van der Waals surface area contributed by atoms with Gasteiger partial charge in [-0.25, -0.2) is 0 Å². The standard InChI is InChI=1S/C12H24N2O/c1-4-10-6-5-7-11(8-10)14-9(2)12(15)13-3/h9-11,14H,4-8H2,1-3H3,(H,13,15). The molecular weight excluding hydrogens is 188 g/mol. The molecule has 0 aliphatic heterocycles. The summed E-state index contributed by atoms with van der Waals surface area (Å²) in [5.41, 5.74) is 0. The summed E-state index contributed by atoms with van der Waals surface area (Å²) < 4.78 is 0. The van der Waals surface area contributed by atoms with E-state index in [2.05, 4.69) is 17.6 Å². The zero-order chi connectivity index (χ0) is 11.3. The highest BCUT2D eigenvalue weighted by Crippen LogP contribution is 2.26. The number of amides is 1. The summed E-state index contributed by atoms with van der Waals surface area (Å²) in [6, 6.07) is 0.478. The Morgan fingerprint density at radius 3 is 2.80 bits per heavy atom. The Kier molecular flexibility index (Phi) is 5.09. The van der Waals surface area contributed by atoms with E-state index in [1.807, 2.05) is 6.92 Å². The molecule has 0 aromatic carbocycles. The fourth-order valence-electron chi connectivity index (χ4n) is 2.46. The Bertz CT molecular complexity index is 206. The highest BCUT2D eigenvalue weighted by atomic mass is 16.2. The van der Waals surface area contributed by atoms with Gasteiger partial charge in [-0.3, -0.25) is 4.79 Å². The zero-order valence-electron chi connectivity index (χ0n) is 10.2. The van der Waals surface area contributed by atoms with E-state index in [0.717, 1.165) is 5.92 Å². The maximum Gasteiger partial charge on any atom is 0.236 e. The first-order valence-corrected chi connectivity index (χ1v) is 6.15. The Hall–Kier alpha value is -0.570. The molecule has 0 saturated heterocycles. The lowest BCUT2D eigenvalue weighted by atomic mass is 9.84. The van der Waals surface area contributed by atoms with Crippen molar-refractivity contribution in [2.75, 3.05) is 7.05 Å². The van der Waals surface area contributed by atoms with E-state index >= 15 is 0 Å². The third-order valence-electron chi connectivity index (χ3n) is 3.49. The SMILES string of the molecule is CCC1CCCC(NC(C)C(=O)NC)C1. The van der Waals surface area contributed by atoms with Crippen molar-refractivity contribution in [1.82, 2.24) is 10.6 Å². The van der Waals surface area contributed by atoms with Crippen molar-refractivity contribution in [3.05, 3.63) is 0 Å². The summed E-state index contributed by atoms with van der Waals surface area (Å²) in [5.74, 6) is 0.946. The van der Waals surface area contributed by atoms with Crippen molar-refractivity contribution < 1.29 is 4.79 Å². The summed E-state index contributed by atoms with van der Waals surface area (Å²) in [6.07, 6.45) is 6.39. The molecule has 1 rings (SSSR count). The van der Waals surface area contributed by atoms with Crippen LogP contribution in [0.5, 0.6) is 0 Å². The number of rotatable bonds is 4. The van der Waals surface area contributed by atoms with E-state index in [0.29, 0.717) is 6.04 Å². The third-order valence-corrected chi connectivity index (χ3v) is 3.49. The van der Waals surface area contributed by atoms with Gasteiger partial charge in [-0.05, 0) is 25.7 Å². The minimum Gasteiger partial charge on any atom is -0.358 e. The van der Waals surface area contributed by atoms with Crippen molar-refractivity contribution in [2.45, 2.75) is 58.0 Å². The molecule has 1 saturated carbocycles. The van der Waals surface area contributed by atoms with Gasteiger partial charge in [0.15, 0.2) is 0 Å². The van der Waals surface area contributed by atoms with Crippen LogP contribution in [-0.2, 0) is 4.79 Å². The first kappa shape index (κ1) is 12.5. The molecule has 1 aliphatic rings. The van der Waals surface area contributed by atoms with Crippen LogP contribution >= 0.6 is 0 Å². The molecule has 0 aromatic rings. The quantitative estimate of drug-likeness (QED) is 0.744. The first-order chi connectivity index (χ1) is 7.17. The molecule has 0 aromatic heterocycles. The zero-order valence-corrected chi connectivity index (χ0v) is 10.2. The van der Waals surface area contributed by atoms with Gasteiger partial charge >= 0.3 is 0 Å². The summed E-state index contributed by atoms with van der Waals surface area (Å²) >= 11 is 0. The molecule has 0 bridgehead atoms. The highest BCUT2D eigenvalue weighted by molar-refractivity contribution is 5.80. The maximum absolute atomic E-state index is 11.4. The highest BCUT2D eigenvalue weighted by Gasteiger charge is 2.23. The first-order valence-electron chi connectivity index (χ1n) is 6.15. The molecular formula is C12H24N2O. The monoisotopic (exact) mass is 212 g/mol. The minimum absolute atomic E-state index is 0.0596. The summed E-state index contributed by atoms with van der Waals surface area (Å²) in [4.78, 5) is 11.4. The van der Waals surface area contributed by atoms with E-state index in [9.17, 15) is 4.79 Å². The molecule has 0 spiro atoms. The Balaban J connectivity index is 2.34. The van der Waals surface area contributed by atoms with Crippen molar-refractivity contribution in [2.24, 2.45) is 5.92 Å². The van der Waals surface area contributed by atoms with Gasteiger partial charge in [0, 0.05) is 13.1 Å². The van der Waals surface area contributed by atoms with Gasteiger partial charge in [-0.1, -0.05) is 26.2 Å². The van der Waals surface area contributed by atoms with E-state index in [1.165, 1.54) is 32.1 Å². The third kappa shape index (κ3) is 3.82. The summed E-state index contributed by atoms with van der Waals surface area (Å²) in [6.45, 7) is 4.20. The van der Waals surface area contributed by atoms with Crippen LogP contribution < -0.4 is 10.6 Å². The van der Waals surface area contributed by atoms with E-state index in [1.54, 1.807) is 7.05 Å². The Morgan fingerprint density at radius 1 is 1.47 bits per heavy atom. The number of likely N-dealkylation sites (N-methyl/N-ethyl adjacent to an activating group) is 1. The molecule has 1 fully saturated rings. The van der Waals surface area contributed by atoms with Gasteiger partial charge in [-0.2, -0.15) is 0 Å². The van der Waals surface area contributed by atoms with Crippen LogP contribution in [0.25, 0.3) is 0 Å². The molecule has 15 heavy (non-hydrogen) atoms. The topological polar surface area (TPSA) is 41.1 Å². The molecule has 3 unspecified atom stereocenters. The van der Waals surface area contributed by atoms with Gasteiger partial charge in [0.25, 0.3) is 0 Å². The number of carbonyl (C=O) groups is 1. The number of hydrogen-bond donors (Lipinski definition) is 2. The molecule has 1 amide bonds. The predicted octanol–water partition coefficient (Wildman–Crippen LogP) is 1.68. The van der Waals surface area contributed by atoms with Crippen molar-refractivity contribution >= 4 is 5.91 Å². The van der Waals surface area contributed by atoms with Crippen LogP contribution in [0, 0.1) is 5.92 Å². The van der Waals surface area contributed by atoms with Gasteiger partial charge in [0.05, 0.1) is 6.04 Å². The molecule has 1 aliphatic carbocycles. The Labute approximate surface area is 93.0 Å². The van der Waals surface area contributed by atoms with Gasteiger partial charge in [0.2, 0.25) is 5.91 Å². The largest absolute Gasteiger partial charge is 0.358 e. The van der Waals surface area contributed by atoms with Crippen LogP contribution in [0.15, 0.2) is 0 Å². The van der Waals surface area contributed by atoms with Gasteiger partial charge in [-0.15, -0.1) is 0 Å². The average molecular weight is 212 g/mol. The number of carbonyl (C=O) groups excluding carboxylic acids is 1. The molecule has 0 heterocycles. The molecule has 88 valence electrons. The van der Waals surface area contributed by atoms with E-state index in [4.69, 9.17) is 0 Å². The molecule has 3 heteroatoms. The Morgan fingerprint density at radius 2 is 2.20 bits per heavy atom. The molecule has 3 atom stereocenters. The fourth-order valence-corrected chi connectivity index (χ4v) is 2.46. The lowest BCUT2D eigenvalue weighted by molar-refractivity contribution is -0.122. The van der Waals surface area contributed by atoms with Crippen LogP contribution in [0.1, 0.15) is 46.0 Å². The van der Waals surface area contributed by atoms with Crippen molar-refractivity contribution in [3.63, 3.8) is 0 Å². The average Bonchev–Trinajstić information content (AvgIpc) is 2.28. The lowest BCUT2D eigenvalue weighted by Crippen LogP contribution is -2.47. The second kappa shape index (κ2) is 6.11.